The summed E-state index contributed by atoms with van der Waals surface area (Å²) in [6, 6.07) is 13.8. The molecular formula is C17H19ClINO. The minimum absolute atomic E-state index is 0.0851. The zero-order chi connectivity index (χ0) is 15.5. The molecule has 0 amide bonds. The van der Waals surface area contributed by atoms with Gasteiger partial charge in [-0.3, -0.25) is 0 Å². The molecule has 2 nitrogen and oxygen atoms in total. The van der Waals surface area contributed by atoms with Gasteiger partial charge >= 0.3 is 0 Å². The van der Waals surface area contributed by atoms with Gasteiger partial charge in [0, 0.05) is 12.1 Å². The van der Waals surface area contributed by atoms with Gasteiger partial charge in [0.15, 0.2) is 0 Å². The molecule has 0 aliphatic heterocycles. The lowest BCUT2D eigenvalue weighted by molar-refractivity contribution is 0.424. The van der Waals surface area contributed by atoms with Gasteiger partial charge < -0.3 is 10.1 Å². The van der Waals surface area contributed by atoms with E-state index < -0.39 is 0 Å². The number of para-hydroxylation sites is 1. The Morgan fingerprint density at radius 1 is 1.10 bits per heavy atom. The maximum absolute atomic E-state index is 6.33. The molecule has 2 aromatic rings. The smallest absolute Gasteiger partial charge is 0.146 e. The molecule has 1 N–H and O–H groups in total. The summed E-state index contributed by atoms with van der Waals surface area (Å²) in [5.41, 5.74) is 1.23. The van der Waals surface area contributed by atoms with Crippen LogP contribution in [0.15, 0.2) is 42.5 Å². The molecule has 21 heavy (non-hydrogen) atoms. The first-order valence-corrected chi connectivity index (χ1v) is 8.27. The van der Waals surface area contributed by atoms with Crippen LogP contribution in [-0.2, 0) is 6.54 Å². The van der Waals surface area contributed by atoms with Gasteiger partial charge in [0.25, 0.3) is 0 Å². The highest BCUT2D eigenvalue weighted by atomic mass is 127. The molecule has 4 heteroatoms. The van der Waals surface area contributed by atoms with Crippen LogP contribution in [0.3, 0.4) is 0 Å². The Hall–Kier alpha value is -0.780. The fourth-order valence-corrected chi connectivity index (χ4v) is 2.49. The van der Waals surface area contributed by atoms with Crippen LogP contribution in [0.4, 0.5) is 0 Å². The van der Waals surface area contributed by atoms with Crippen molar-refractivity contribution in [2.75, 3.05) is 0 Å². The molecule has 0 radical (unpaired) electrons. The van der Waals surface area contributed by atoms with E-state index in [1.54, 1.807) is 0 Å². The number of hydrogen-bond donors (Lipinski definition) is 1. The first kappa shape index (κ1) is 16.6. The van der Waals surface area contributed by atoms with Crippen LogP contribution in [0.5, 0.6) is 11.5 Å². The van der Waals surface area contributed by atoms with Crippen molar-refractivity contribution in [3.63, 3.8) is 0 Å². The number of nitrogens with one attached hydrogen (secondary N) is 1. The van der Waals surface area contributed by atoms with Crippen LogP contribution in [0.25, 0.3) is 0 Å². The van der Waals surface area contributed by atoms with E-state index >= 15 is 0 Å². The highest BCUT2D eigenvalue weighted by Crippen LogP contribution is 2.32. The van der Waals surface area contributed by atoms with Gasteiger partial charge in [-0.15, -0.1) is 0 Å². The first-order valence-electron chi connectivity index (χ1n) is 6.81. The van der Waals surface area contributed by atoms with Gasteiger partial charge in [-0.05, 0) is 73.2 Å². The van der Waals surface area contributed by atoms with Crippen LogP contribution in [0.2, 0.25) is 5.02 Å². The molecule has 0 aromatic heterocycles. The third-order valence-electron chi connectivity index (χ3n) is 2.88. The molecule has 0 aliphatic carbocycles. The maximum Gasteiger partial charge on any atom is 0.146 e. The second-order valence-electron chi connectivity index (χ2n) is 5.90. The lowest BCUT2D eigenvalue weighted by atomic mass is 10.1. The van der Waals surface area contributed by atoms with Crippen LogP contribution in [-0.4, -0.2) is 5.54 Å². The molecule has 0 atom stereocenters. The molecule has 0 saturated heterocycles. The van der Waals surface area contributed by atoms with E-state index in [0.717, 1.165) is 21.4 Å². The average molecular weight is 416 g/mol. The molecule has 112 valence electrons. The van der Waals surface area contributed by atoms with Crippen molar-refractivity contribution < 1.29 is 4.74 Å². The van der Waals surface area contributed by atoms with Crippen LogP contribution in [0.1, 0.15) is 26.3 Å². The Bertz CT molecular complexity index is 622. The number of rotatable bonds is 4. The van der Waals surface area contributed by atoms with Crippen molar-refractivity contribution in [2.24, 2.45) is 0 Å². The molecule has 0 heterocycles. The molecule has 0 fully saturated rings. The lowest BCUT2D eigenvalue weighted by Crippen LogP contribution is -2.35. The number of benzene rings is 2. The van der Waals surface area contributed by atoms with Gasteiger partial charge in [-0.1, -0.05) is 29.8 Å². The normalized spacial score (nSPS) is 11.5. The summed E-state index contributed by atoms with van der Waals surface area (Å²) in [4.78, 5) is 0. The summed E-state index contributed by atoms with van der Waals surface area (Å²) >= 11 is 8.58. The highest BCUT2D eigenvalue weighted by Gasteiger charge is 2.10. The van der Waals surface area contributed by atoms with E-state index in [4.69, 9.17) is 16.3 Å². The molecule has 2 rings (SSSR count). The van der Waals surface area contributed by atoms with Gasteiger partial charge in [0.1, 0.15) is 11.5 Å². The van der Waals surface area contributed by atoms with Crippen LogP contribution in [0, 0.1) is 3.57 Å². The van der Waals surface area contributed by atoms with Gasteiger partial charge in [-0.25, -0.2) is 0 Å². The molecule has 2 aromatic carbocycles. The largest absolute Gasteiger partial charge is 0.455 e. The predicted molar refractivity (Wildman–Crippen MR) is 97.3 cm³/mol. The Balaban J connectivity index is 2.11. The Kier molecular flexibility index (Phi) is 5.52. The first-order chi connectivity index (χ1) is 9.85. The Morgan fingerprint density at radius 3 is 2.43 bits per heavy atom. The van der Waals surface area contributed by atoms with Crippen LogP contribution >= 0.6 is 34.2 Å². The number of halogens is 2. The zero-order valence-electron chi connectivity index (χ0n) is 12.4. The summed E-state index contributed by atoms with van der Waals surface area (Å²) in [6.07, 6.45) is 0. The summed E-state index contributed by atoms with van der Waals surface area (Å²) in [5, 5.41) is 4.07. The minimum atomic E-state index is 0.0851. The van der Waals surface area contributed by atoms with Gasteiger partial charge in [-0.2, -0.15) is 0 Å². The molecule has 0 unspecified atom stereocenters. The quantitative estimate of drug-likeness (QED) is 0.654. The lowest BCUT2D eigenvalue weighted by Gasteiger charge is -2.20. The molecule has 0 bridgehead atoms. The van der Waals surface area contributed by atoms with E-state index in [0.29, 0.717) is 10.8 Å². The summed E-state index contributed by atoms with van der Waals surface area (Å²) in [7, 11) is 0. The predicted octanol–water partition coefficient (Wildman–Crippen LogP) is 5.63. The van der Waals surface area contributed by atoms with Crippen molar-refractivity contribution in [3.05, 3.63) is 56.6 Å². The number of ether oxygens (including phenoxy) is 1. The average Bonchev–Trinajstić information content (AvgIpc) is 2.41. The maximum atomic E-state index is 6.33. The van der Waals surface area contributed by atoms with E-state index in [2.05, 4.69) is 48.7 Å². The summed E-state index contributed by atoms with van der Waals surface area (Å²) in [6.45, 7) is 7.21. The zero-order valence-corrected chi connectivity index (χ0v) is 15.3. The van der Waals surface area contributed by atoms with E-state index in [9.17, 15) is 0 Å². The summed E-state index contributed by atoms with van der Waals surface area (Å²) in [5.74, 6) is 1.50. The highest BCUT2D eigenvalue weighted by molar-refractivity contribution is 14.1. The number of hydrogen-bond acceptors (Lipinski definition) is 2. The fourth-order valence-electron chi connectivity index (χ4n) is 1.75. The molecular weight excluding hydrogens is 397 g/mol. The monoisotopic (exact) mass is 415 g/mol. The third-order valence-corrected chi connectivity index (χ3v) is 4.06. The van der Waals surface area contributed by atoms with Crippen molar-refractivity contribution in [1.29, 1.82) is 0 Å². The van der Waals surface area contributed by atoms with Gasteiger partial charge in [0.05, 0.1) is 8.59 Å². The van der Waals surface area contributed by atoms with E-state index in [-0.39, 0.29) is 5.54 Å². The second-order valence-corrected chi connectivity index (χ2v) is 7.47. The standard InChI is InChI=1S/C17H19ClINO/c1-17(2,3)20-11-12-8-9-15(13(18)10-12)21-16-7-5-4-6-14(16)19/h4-10,20H,11H2,1-3H3. The van der Waals surface area contributed by atoms with Crippen molar-refractivity contribution in [2.45, 2.75) is 32.9 Å². The third kappa shape index (κ3) is 5.16. The summed E-state index contributed by atoms with van der Waals surface area (Å²) < 4.78 is 6.94. The van der Waals surface area contributed by atoms with E-state index in [1.807, 2.05) is 42.5 Å². The molecule has 0 spiro atoms. The van der Waals surface area contributed by atoms with Crippen molar-refractivity contribution >= 4 is 34.2 Å². The molecule has 0 aliphatic rings. The topological polar surface area (TPSA) is 21.3 Å². The SMILES string of the molecule is CC(C)(C)NCc1ccc(Oc2ccccc2I)c(Cl)c1. The minimum Gasteiger partial charge on any atom is -0.455 e. The van der Waals surface area contributed by atoms with Crippen molar-refractivity contribution in [1.82, 2.24) is 5.32 Å². The van der Waals surface area contributed by atoms with Crippen LogP contribution < -0.4 is 10.1 Å². The fraction of sp³-hybridized carbons (Fsp3) is 0.294. The Labute approximate surface area is 145 Å². The van der Waals surface area contributed by atoms with Gasteiger partial charge in [0.2, 0.25) is 0 Å². The van der Waals surface area contributed by atoms with E-state index in [1.165, 1.54) is 0 Å². The Morgan fingerprint density at radius 2 is 1.81 bits per heavy atom. The van der Waals surface area contributed by atoms with Crippen molar-refractivity contribution in [3.8, 4) is 11.5 Å². The second kappa shape index (κ2) is 6.99. The molecule has 0 saturated carbocycles.